The first kappa shape index (κ1) is 11.4. The molecule has 0 aliphatic carbocycles. The zero-order valence-electron chi connectivity index (χ0n) is 8.90. The number of nitrogens with one attached hydrogen (secondary N) is 1. The summed E-state index contributed by atoms with van der Waals surface area (Å²) in [6.45, 7) is 2.79. The van der Waals surface area contributed by atoms with Gasteiger partial charge in [-0.15, -0.1) is 0 Å². The van der Waals surface area contributed by atoms with Gasteiger partial charge in [0, 0.05) is 18.7 Å². The molecule has 4 N–H and O–H groups in total. The lowest BCUT2D eigenvalue weighted by Crippen LogP contribution is -2.16. The standard InChI is InChI=1S/C11H17N3O/c1-2-9-4-3-5-10(8-9)13-7-6-11(12)14-15/h3-5,8,13,15H,2,6-7H2,1H3,(H2,12,14). The average molecular weight is 207 g/mol. The van der Waals surface area contributed by atoms with Gasteiger partial charge >= 0.3 is 0 Å². The third kappa shape index (κ3) is 3.89. The first-order valence-electron chi connectivity index (χ1n) is 5.05. The highest BCUT2D eigenvalue weighted by molar-refractivity contribution is 5.80. The fourth-order valence-corrected chi connectivity index (χ4v) is 1.29. The van der Waals surface area contributed by atoms with E-state index in [-0.39, 0.29) is 5.84 Å². The van der Waals surface area contributed by atoms with Crippen molar-refractivity contribution in [1.29, 1.82) is 0 Å². The Balaban J connectivity index is 2.43. The number of anilines is 1. The summed E-state index contributed by atoms with van der Waals surface area (Å²) in [5.41, 5.74) is 7.72. The van der Waals surface area contributed by atoms with Crippen LogP contribution < -0.4 is 11.1 Å². The number of amidine groups is 1. The minimum absolute atomic E-state index is 0.245. The topological polar surface area (TPSA) is 70.6 Å². The fraction of sp³-hybridized carbons (Fsp3) is 0.364. The molecule has 0 heterocycles. The Labute approximate surface area is 89.8 Å². The third-order valence-electron chi connectivity index (χ3n) is 2.17. The number of benzene rings is 1. The molecule has 15 heavy (non-hydrogen) atoms. The number of hydrogen-bond acceptors (Lipinski definition) is 3. The second-order valence-corrected chi connectivity index (χ2v) is 3.32. The minimum atomic E-state index is 0.245. The summed E-state index contributed by atoms with van der Waals surface area (Å²) in [6, 6.07) is 8.22. The van der Waals surface area contributed by atoms with E-state index in [1.165, 1.54) is 5.56 Å². The molecule has 0 spiro atoms. The molecule has 4 heteroatoms. The van der Waals surface area contributed by atoms with Crippen LogP contribution in [0, 0.1) is 0 Å². The van der Waals surface area contributed by atoms with Crippen molar-refractivity contribution in [3.8, 4) is 0 Å². The number of aryl methyl sites for hydroxylation is 1. The smallest absolute Gasteiger partial charge is 0.140 e. The van der Waals surface area contributed by atoms with Crippen LogP contribution >= 0.6 is 0 Å². The second-order valence-electron chi connectivity index (χ2n) is 3.32. The Bertz CT molecular complexity index is 336. The zero-order chi connectivity index (χ0) is 11.1. The third-order valence-corrected chi connectivity index (χ3v) is 2.17. The van der Waals surface area contributed by atoms with Gasteiger partial charge in [-0.3, -0.25) is 0 Å². The van der Waals surface area contributed by atoms with E-state index >= 15 is 0 Å². The van der Waals surface area contributed by atoms with E-state index in [2.05, 4.69) is 29.5 Å². The summed E-state index contributed by atoms with van der Waals surface area (Å²) < 4.78 is 0. The molecule has 1 rings (SSSR count). The molecular formula is C11H17N3O. The largest absolute Gasteiger partial charge is 0.409 e. The van der Waals surface area contributed by atoms with Crippen molar-refractivity contribution in [1.82, 2.24) is 0 Å². The van der Waals surface area contributed by atoms with Crippen molar-refractivity contribution in [2.45, 2.75) is 19.8 Å². The molecule has 0 radical (unpaired) electrons. The van der Waals surface area contributed by atoms with Crippen LogP contribution in [-0.2, 0) is 6.42 Å². The number of nitrogens with two attached hydrogens (primary N) is 1. The maximum Gasteiger partial charge on any atom is 0.140 e. The Morgan fingerprint density at radius 3 is 3.00 bits per heavy atom. The van der Waals surface area contributed by atoms with Crippen LogP contribution in [0.4, 0.5) is 5.69 Å². The summed E-state index contributed by atoms with van der Waals surface area (Å²) in [5, 5.41) is 14.5. The van der Waals surface area contributed by atoms with Gasteiger partial charge in [-0.05, 0) is 24.1 Å². The highest BCUT2D eigenvalue weighted by Gasteiger charge is 1.95. The quantitative estimate of drug-likeness (QED) is 0.298. The highest BCUT2D eigenvalue weighted by atomic mass is 16.4. The number of nitrogens with zero attached hydrogens (tertiary/aromatic N) is 1. The molecule has 1 aromatic carbocycles. The van der Waals surface area contributed by atoms with Crippen molar-refractivity contribution < 1.29 is 5.21 Å². The lowest BCUT2D eigenvalue weighted by molar-refractivity contribution is 0.317. The van der Waals surface area contributed by atoms with Crippen LogP contribution in [0.1, 0.15) is 18.9 Å². The van der Waals surface area contributed by atoms with Crippen molar-refractivity contribution in [2.24, 2.45) is 10.9 Å². The van der Waals surface area contributed by atoms with Crippen molar-refractivity contribution in [2.75, 3.05) is 11.9 Å². The second kappa shape index (κ2) is 5.90. The van der Waals surface area contributed by atoms with E-state index in [1.54, 1.807) is 0 Å². The van der Waals surface area contributed by atoms with Gasteiger partial charge in [0.1, 0.15) is 5.84 Å². The molecule has 0 fully saturated rings. The molecule has 0 unspecified atom stereocenters. The predicted molar refractivity (Wildman–Crippen MR) is 62.3 cm³/mol. The zero-order valence-corrected chi connectivity index (χ0v) is 8.90. The van der Waals surface area contributed by atoms with Gasteiger partial charge in [0.15, 0.2) is 0 Å². The van der Waals surface area contributed by atoms with Crippen LogP contribution in [-0.4, -0.2) is 17.6 Å². The number of hydrogen-bond donors (Lipinski definition) is 3. The highest BCUT2D eigenvalue weighted by Crippen LogP contribution is 2.10. The Hall–Kier alpha value is -1.71. The molecular weight excluding hydrogens is 190 g/mol. The Kier molecular flexibility index (Phi) is 4.47. The summed E-state index contributed by atoms with van der Waals surface area (Å²) >= 11 is 0. The van der Waals surface area contributed by atoms with Crippen LogP contribution in [0.5, 0.6) is 0 Å². The number of oxime groups is 1. The van der Waals surface area contributed by atoms with Gasteiger partial charge in [0.2, 0.25) is 0 Å². The van der Waals surface area contributed by atoms with Gasteiger partial charge in [0.25, 0.3) is 0 Å². The lowest BCUT2D eigenvalue weighted by Gasteiger charge is -2.06. The minimum Gasteiger partial charge on any atom is -0.409 e. The first-order chi connectivity index (χ1) is 7.26. The summed E-state index contributed by atoms with van der Waals surface area (Å²) in [7, 11) is 0. The van der Waals surface area contributed by atoms with Crippen LogP contribution in [0.2, 0.25) is 0 Å². The van der Waals surface area contributed by atoms with Crippen LogP contribution in [0.3, 0.4) is 0 Å². The molecule has 0 amide bonds. The van der Waals surface area contributed by atoms with Gasteiger partial charge in [-0.1, -0.05) is 24.2 Å². The maximum absolute atomic E-state index is 8.35. The van der Waals surface area contributed by atoms with Gasteiger partial charge in [0.05, 0.1) is 0 Å². The van der Waals surface area contributed by atoms with E-state index in [0.717, 1.165) is 12.1 Å². The number of rotatable bonds is 5. The molecule has 0 bridgehead atoms. The van der Waals surface area contributed by atoms with Crippen molar-refractivity contribution in [3.63, 3.8) is 0 Å². The molecule has 0 aliphatic heterocycles. The van der Waals surface area contributed by atoms with E-state index in [0.29, 0.717) is 13.0 Å². The van der Waals surface area contributed by atoms with Crippen LogP contribution in [0.25, 0.3) is 0 Å². The van der Waals surface area contributed by atoms with E-state index in [9.17, 15) is 0 Å². The normalized spacial score (nSPS) is 11.4. The van der Waals surface area contributed by atoms with Crippen LogP contribution in [0.15, 0.2) is 29.4 Å². The summed E-state index contributed by atoms with van der Waals surface area (Å²) in [4.78, 5) is 0. The molecule has 0 aliphatic rings. The molecule has 0 aromatic heterocycles. The average Bonchev–Trinajstić information content (AvgIpc) is 2.29. The van der Waals surface area contributed by atoms with E-state index < -0.39 is 0 Å². The lowest BCUT2D eigenvalue weighted by atomic mass is 10.1. The fourth-order valence-electron chi connectivity index (χ4n) is 1.29. The van der Waals surface area contributed by atoms with Gasteiger partial charge in [-0.2, -0.15) is 0 Å². The summed E-state index contributed by atoms with van der Waals surface area (Å²) in [6.07, 6.45) is 1.56. The van der Waals surface area contributed by atoms with E-state index in [4.69, 9.17) is 10.9 Å². The summed E-state index contributed by atoms with van der Waals surface area (Å²) in [5.74, 6) is 0.245. The molecule has 82 valence electrons. The van der Waals surface area contributed by atoms with Gasteiger partial charge in [-0.25, -0.2) is 0 Å². The van der Waals surface area contributed by atoms with E-state index in [1.807, 2.05) is 12.1 Å². The van der Waals surface area contributed by atoms with Crippen molar-refractivity contribution >= 4 is 11.5 Å². The molecule has 4 nitrogen and oxygen atoms in total. The predicted octanol–water partition coefficient (Wildman–Crippen LogP) is 1.80. The van der Waals surface area contributed by atoms with Gasteiger partial charge < -0.3 is 16.3 Å². The molecule has 0 saturated heterocycles. The Morgan fingerprint density at radius 2 is 2.33 bits per heavy atom. The monoisotopic (exact) mass is 207 g/mol. The Morgan fingerprint density at radius 1 is 1.53 bits per heavy atom. The molecule has 0 saturated carbocycles. The maximum atomic E-state index is 8.35. The molecule has 0 atom stereocenters. The first-order valence-corrected chi connectivity index (χ1v) is 5.05. The SMILES string of the molecule is CCc1cccc(NCCC(N)=NO)c1. The molecule has 1 aromatic rings. The van der Waals surface area contributed by atoms with Crippen molar-refractivity contribution in [3.05, 3.63) is 29.8 Å².